The molecule has 0 atom stereocenters. The molecular weight excluding hydrogens is 244 g/mol. The molecule has 0 fully saturated rings. The van der Waals surface area contributed by atoms with E-state index in [0.717, 1.165) is 26.2 Å². The molecule has 0 aliphatic heterocycles. The van der Waals surface area contributed by atoms with Crippen molar-refractivity contribution in [2.45, 2.75) is 0 Å². The van der Waals surface area contributed by atoms with Gasteiger partial charge in [0.05, 0.1) is 0 Å². The Labute approximate surface area is 103 Å². The summed E-state index contributed by atoms with van der Waals surface area (Å²) in [5.41, 5.74) is 20.7. The predicted octanol–water partition coefficient (Wildman–Crippen LogP) is -3.02. The van der Waals surface area contributed by atoms with Gasteiger partial charge in [-0.2, -0.15) is 0 Å². The monoisotopic (exact) mass is 269 g/mol. The van der Waals surface area contributed by atoms with Gasteiger partial charge in [-0.05, 0) is 0 Å². The van der Waals surface area contributed by atoms with Crippen LogP contribution in [0, 0.1) is 0 Å². The third kappa shape index (κ3) is 31.4. The van der Waals surface area contributed by atoms with E-state index in [1.165, 1.54) is 0 Å². The van der Waals surface area contributed by atoms with Crippen molar-refractivity contribution in [1.82, 2.24) is 10.6 Å². The average molecular weight is 270 g/mol. The zero-order valence-corrected chi connectivity index (χ0v) is 10.2. The molecule has 0 aliphatic rings. The summed E-state index contributed by atoms with van der Waals surface area (Å²) < 4.78 is 0. The second-order valence-corrected chi connectivity index (χ2v) is 2.65. The molecule has 0 bridgehead atoms. The molecule has 0 unspecified atom stereocenters. The van der Waals surface area contributed by atoms with Crippen molar-refractivity contribution >= 4 is 0 Å². The number of hydrogen-bond acceptors (Lipinski definition) is 6. The molecule has 0 aromatic rings. The fourth-order valence-electron chi connectivity index (χ4n) is 0.658. The fraction of sp³-hybridized carbons (Fsp3) is 1.00. The van der Waals surface area contributed by atoms with Crippen molar-refractivity contribution in [3.05, 3.63) is 0 Å². The van der Waals surface area contributed by atoms with Crippen LogP contribution in [0.4, 0.5) is 0 Å². The first-order chi connectivity index (χ1) is 6.83. The standard InChI is InChI=1S/2C4H13N3.Cu/c2*5-1-3-7-4-2-6;/h2*7H,1-6H2;. The van der Waals surface area contributed by atoms with Gasteiger partial charge in [0.25, 0.3) is 0 Å². The van der Waals surface area contributed by atoms with Crippen LogP contribution in [0.3, 0.4) is 0 Å². The van der Waals surface area contributed by atoms with Gasteiger partial charge in [-0.1, -0.05) is 0 Å². The predicted molar refractivity (Wildman–Crippen MR) is 62.0 cm³/mol. The van der Waals surface area contributed by atoms with E-state index in [-0.39, 0.29) is 17.1 Å². The van der Waals surface area contributed by atoms with Gasteiger partial charge in [0.15, 0.2) is 0 Å². The van der Waals surface area contributed by atoms with Gasteiger partial charge in [0, 0.05) is 69.4 Å². The molecule has 0 amide bonds. The number of nitrogens with one attached hydrogen (secondary N) is 2. The fourth-order valence-corrected chi connectivity index (χ4v) is 0.658. The van der Waals surface area contributed by atoms with Crippen LogP contribution in [0.25, 0.3) is 0 Å². The van der Waals surface area contributed by atoms with E-state index in [1.54, 1.807) is 0 Å². The van der Waals surface area contributed by atoms with Crippen molar-refractivity contribution < 1.29 is 17.1 Å². The van der Waals surface area contributed by atoms with E-state index in [2.05, 4.69) is 10.6 Å². The zero-order valence-electron chi connectivity index (χ0n) is 9.27. The summed E-state index contributed by atoms with van der Waals surface area (Å²) in [6.07, 6.45) is 0. The van der Waals surface area contributed by atoms with Gasteiger partial charge in [-0.3, -0.25) is 0 Å². The topological polar surface area (TPSA) is 128 Å². The normalized spacial score (nSPS) is 8.80. The van der Waals surface area contributed by atoms with Crippen LogP contribution in [-0.4, -0.2) is 52.4 Å². The third-order valence-corrected chi connectivity index (χ3v) is 1.28. The minimum atomic E-state index is 0. The Morgan fingerprint density at radius 1 is 0.533 bits per heavy atom. The first-order valence-corrected chi connectivity index (χ1v) is 5.05. The van der Waals surface area contributed by atoms with Crippen molar-refractivity contribution in [2.75, 3.05) is 52.4 Å². The largest absolute Gasteiger partial charge is 0.329 e. The molecule has 0 aromatic heterocycles. The van der Waals surface area contributed by atoms with Crippen molar-refractivity contribution in [1.29, 1.82) is 0 Å². The Morgan fingerprint density at radius 3 is 0.867 bits per heavy atom. The number of hydrogen-bond donors (Lipinski definition) is 6. The molecule has 1 radical (unpaired) electrons. The van der Waals surface area contributed by atoms with E-state index < -0.39 is 0 Å². The van der Waals surface area contributed by atoms with Crippen LogP contribution in [0.2, 0.25) is 0 Å². The molecule has 0 rings (SSSR count). The van der Waals surface area contributed by atoms with Crippen LogP contribution in [0.5, 0.6) is 0 Å². The molecule has 0 saturated carbocycles. The molecule has 0 aromatic carbocycles. The van der Waals surface area contributed by atoms with E-state index in [1.807, 2.05) is 0 Å². The van der Waals surface area contributed by atoms with Crippen LogP contribution in [0.1, 0.15) is 0 Å². The van der Waals surface area contributed by atoms with Crippen molar-refractivity contribution in [3.8, 4) is 0 Å². The van der Waals surface area contributed by atoms with E-state index in [0.29, 0.717) is 26.2 Å². The van der Waals surface area contributed by atoms with Crippen LogP contribution in [0.15, 0.2) is 0 Å². The SMILES string of the molecule is NCCNCCN.NCCNCCN.[Cu]. The van der Waals surface area contributed by atoms with Gasteiger partial charge in [0.1, 0.15) is 0 Å². The Morgan fingerprint density at radius 2 is 0.733 bits per heavy atom. The van der Waals surface area contributed by atoms with Crippen molar-refractivity contribution in [3.63, 3.8) is 0 Å². The zero-order chi connectivity index (χ0) is 11.1. The Balaban J connectivity index is -0.000000180. The molecule has 15 heavy (non-hydrogen) atoms. The quantitative estimate of drug-likeness (QED) is 0.206. The van der Waals surface area contributed by atoms with Crippen LogP contribution >= 0.6 is 0 Å². The summed E-state index contributed by atoms with van der Waals surface area (Å²) in [6.45, 7) is 6.27. The summed E-state index contributed by atoms with van der Waals surface area (Å²) in [7, 11) is 0. The van der Waals surface area contributed by atoms with Gasteiger partial charge in [-0.25, -0.2) is 0 Å². The maximum atomic E-state index is 5.17. The Bertz CT molecular complexity index is 67.5. The first kappa shape index (κ1) is 20.7. The minimum absolute atomic E-state index is 0. The van der Waals surface area contributed by atoms with E-state index >= 15 is 0 Å². The third-order valence-electron chi connectivity index (χ3n) is 1.28. The van der Waals surface area contributed by atoms with Gasteiger partial charge >= 0.3 is 0 Å². The van der Waals surface area contributed by atoms with E-state index in [4.69, 9.17) is 22.9 Å². The molecule has 7 heteroatoms. The molecule has 6 nitrogen and oxygen atoms in total. The number of rotatable bonds is 8. The maximum Gasteiger partial charge on any atom is 0.00750 e. The maximum absolute atomic E-state index is 5.17. The molecule has 0 aliphatic carbocycles. The Kier molecular flexibility index (Phi) is 32.8. The summed E-state index contributed by atoms with van der Waals surface area (Å²) in [6, 6.07) is 0. The summed E-state index contributed by atoms with van der Waals surface area (Å²) in [4.78, 5) is 0. The molecular formula is C8H26CuN6. The smallest absolute Gasteiger partial charge is 0.00750 e. The summed E-state index contributed by atoms with van der Waals surface area (Å²) in [5, 5.41) is 6.07. The second kappa shape index (κ2) is 23.8. The van der Waals surface area contributed by atoms with Crippen LogP contribution in [-0.2, 0) is 17.1 Å². The van der Waals surface area contributed by atoms with Gasteiger partial charge < -0.3 is 33.6 Å². The van der Waals surface area contributed by atoms with E-state index in [9.17, 15) is 0 Å². The minimum Gasteiger partial charge on any atom is -0.329 e. The van der Waals surface area contributed by atoms with Crippen LogP contribution < -0.4 is 33.6 Å². The number of nitrogens with two attached hydrogens (primary N) is 4. The van der Waals surface area contributed by atoms with Gasteiger partial charge in [0.2, 0.25) is 0 Å². The molecule has 0 heterocycles. The molecule has 10 N–H and O–H groups in total. The average Bonchev–Trinajstić information content (AvgIpc) is 2.21. The molecule has 99 valence electrons. The van der Waals surface area contributed by atoms with Crippen molar-refractivity contribution in [2.24, 2.45) is 22.9 Å². The molecule has 0 saturated heterocycles. The summed E-state index contributed by atoms with van der Waals surface area (Å²) >= 11 is 0. The first-order valence-electron chi connectivity index (χ1n) is 5.05. The second-order valence-electron chi connectivity index (χ2n) is 2.65. The summed E-state index contributed by atoms with van der Waals surface area (Å²) in [5.74, 6) is 0. The molecule has 0 spiro atoms. The Hall–Kier alpha value is 0.279. The van der Waals surface area contributed by atoms with Gasteiger partial charge in [-0.15, -0.1) is 0 Å².